The van der Waals surface area contributed by atoms with Gasteiger partial charge in [0.15, 0.2) is 11.9 Å². The Morgan fingerprint density at radius 3 is 2.18 bits per heavy atom. The van der Waals surface area contributed by atoms with Gasteiger partial charge in [-0.1, -0.05) is 74.5 Å². The summed E-state index contributed by atoms with van der Waals surface area (Å²) in [6, 6.07) is 14.7. The molecule has 0 aromatic heterocycles. The Hall–Kier alpha value is -1.56. The van der Waals surface area contributed by atoms with Gasteiger partial charge in [-0.3, -0.25) is 4.79 Å². The summed E-state index contributed by atoms with van der Waals surface area (Å²) in [7, 11) is 0. The summed E-state index contributed by atoms with van der Waals surface area (Å²) in [5, 5.41) is 63.1. The normalized spacial score (nSPS) is 33.6. The molecule has 2 saturated carbocycles. The molecule has 2 bridgehead atoms. The standard InChI is InChI=1S/C41H49NO13.2Ac/c1-6-7-18-52-37(49)42-29(23-14-10-8-11-15-23)31(45)36(48)54-25-20-41(51)34(55-35(47)24-16-12-9-13-17-24)32-39(5,26(43)19-27-40(32,50)21-53-27)33(46)30(44)28(22(25)2)38(41,3)4;;/h6-17,25-27,29-32,34,43-45,50-51H,18-21H2,1-5H3,(H,42,49);;/b7-6+;;/t25?,26-,27+,29-,30+,31+,32-,34-,39+,40-,41+;;/m0../s1. The van der Waals surface area contributed by atoms with Gasteiger partial charge in [-0.05, 0) is 49.6 Å². The number of esters is 2. The zero-order chi connectivity index (χ0) is 40.1. The van der Waals surface area contributed by atoms with Gasteiger partial charge >= 0.3 is 18.0 Å². The summed E-state index contributed by atoms with van der Waals surface area (Å²) in [6.07, 6.45) is -8.01. The summed E-state index contributed by atoms with van der Waals surface area (Å²) in [4.78, 5) is 55.2. The van der Waals surface area contributed by atoms with E-state index in [0.29, 0.717) is 5.56 Å². The molecule has 1 unspecified atom stereocenters. The second kappa shape index (κ2) is 18.6. The summed E-state index contributed by atoms with van der Waals surface area (Å²) in [5.41, 5.74) is -7.21. The van der Waals surface area contributed by atoms with Crippen LogP contribution in [-0.2, 0) is 28.5 Å². The molecule has 1 amide bonds. The van der Waals surface area contributed by atoms with Crippen LogP contribution in [0.2, 0.25) is 0 Å². The van der Waals surface area contributed by atoms with Gasteiger partial charge in [-0.25, -0.2) is 14.4 Å². The van der Waals surface area contributed by atoms with Crippen LogP contribution in [0, 0.1) is 105 Å². The SMILES string of the molecule is C/C=C/COC(=O)N[C@@H](c1ccccc1)[C@@H](O)C(=O)OC1C[C@@]2(O)[C@@H](OC(=O)c3ccccc3)[C@@H]3[C@]4(O)CO[C@@H]4C[C@H](O)[C@@]3(C)C(=O)[C@H](O)C(=C1C)C2(C)C.[Ac].[Ac]. The maximum absolute atomic E-state index is 14.7. The Kier molecular flexibility index (Phi) is 15.7. The summed E-state index contributed by atoms with van der Waals surface area (Å²) in [5.74, 6) is -4.55. The first-order valence-corrected chi connectivity index (χ1v) is 18.3. The van der Waals surface area contributed by atoms with Crippen molar-refractivity contribution in [3.63, 3.8) is 0 Å². The second-order valence-corrected chi connectivity index (χ2v) is 15.7. The Labute approximate surface area is 402 Å². The molecule has 6 N–H and O–H groups in total. The molecule has 2 aromatic rings. The fourth-order valence-electron chi connectivity index (χ4n) is 9.12. The average Bonchev–Trinajstić information content (AvgIpc) is 3.16. The van der Waals surface area contributed by atoms with Crippen molar-refractivity contribution in [3.05, 3.63) is 95.1 Å². The molecule has 3 fully saturated rings. The molecule has 2 radical (unpaired) electrons. The van der Waals surface area contributed by atoms with Crippen molar-refractivity contribution in [1.82, 2.24) is 5.32 Å². The molecule has 1 heterocycles. The molecule has 1 saturated heterocycles. The number of alkyl carbamates (subject to hydrolysis) is 1. The third kappa shape index (κ3) is 8.41. The van der Waals surface area contributed by atoms with Crippen molar-refractivity contribution in [2.45, 2.75) is 101 Å². The van der Waals surface area contributed by atoms with Gasteiger partial charge in [0, 0.05) is 112 Å². The number of carbonyl (C=O) groups excluding carboxylic acids is 4. The number of aliphatic hydroxyl groups is 5. The maximum Gasteiger partial charge on any atom is 0.408 e. The fourth-order valence-corrected chi connectivity index (χ4v) is 9.12. The molecule has 16 heteroatoms. The van der Waals surface area contributed by atoms with Gasteiger partial charge < -0.3 is 49.8 Å². The summed E-state index contributed by atoms with van der Waals surface area (Å²) >= 11 is 0. The first-order valence-electron chi connectivity index (χ1n) is 18.3. The van der Waals surface area contributed by atoms with Gasteiger partial charge in [-0.15, -0.1) is 0 Å². The molecule has 57 heavy (non-hydrogen) atoms. The van der Waals surface area contributed by atoms with Crippen LogP contribution in [0.25, 0.3) is 0 Å². The van der Waals surface area contributed by atoms with E-state index in [2.05, 4.69) is 5.32 Å². The van der Waals surface area contributed by atoms with E-state index >= 15 is 0 Å². The average molecular weight is 1220 g/mol. The minimum absolute atomic E-state index is 0. The number of hydrogen-bond acceptors (Lipinski definition) is 13. The molecule has 1 aliphatic heterocycles. The van der Waals surface area contributed by atoms with Crippen LogP contribution in [0.4, 0.5) is 4.79 Å². The number of allylic oxidation sites excluding steroid dienone is 1. The van der Waals surface area contributed by atoms with Gasteiger partial charge in [0.25, 0.3) is 0 Å². The zero-order valence-corrected chi connectivity index (χ0v) is 42.0. The zero-order valence-electron chi connectivity index (χ0n) is 32.5. The van der Waals surface area contributed by atoms with Crippen LogP contribution in [0.1, 0.15) is 69.4 Å². The predicted octanol–water partition coefficient (Wildman–Crippen LogP) is 2.47. The first kappa shape index (κ1) is 48.1. The van der Waals surface area contributed by atoms with Gasteiger partial charge in [0.2, 0.25) is 0 Å². The largest absolute Gasteiger partial charge is 0.456 e. The number of nitrogens with one attached hydrogen (secondary N) is 1. The van der Waals surface area contributed by atoms with Crippen LogP contribution in [0.15, 0.2) is 84.0 Å². The number of ether oxygens (including phenoxy) is 4. The minimum Gasteiger partial charge on any atom is -0.456 e. The molecule has 6 rings (SSSR count). The van der Waals surface area contributed by atoms with E-state index < -0.39 is 101 Å². The molecular formula is C41H49Ac2NO13. The van der Waals surface area contributed by atoms with Gasteiger partial charge in [-0.2, -0.15) is 0 Å². The van der Waals surface area contributed by atoms with Crippen LogP contribution < -0.4 is 5.32 Å². The van der Waals surface area contributed by atoms with Crippen LogP contribution in [0.5, 0.6) is 0 Å². The molecule has 0 spiro atoms. The minimum atomic E-state index is -2.31. The van der Waals surface area contributed by atoms with Gasteiger partial charge in [0.05, 0.1) is 35.8 Å². The predicted molar refractivity (Wildman–Crippen MR) is 194 cm³/mol. The number of carbonyl (C=O) groups is 4. The first-order chi connectivity index (χ1) is 25.9. The quantitative estimate of drug-likeness (QED) is 0.121. The van der Waals surface area contributed by atoms with E-state index in [0.717, 1.165) is 0 Å². The number of benzene rings is 2. The third-order valence-electron chi connectivity index (χ3n) is 12.4. The molecule has 2 aromatic carbocycles. The van der Waals surface area contributed by atoms with Crippen LogP contribution in [0.3, 0.4) is 0 Å². The van der Waals surface area contributed by atoms with Crippen LogP contribution >= 0.6 is 0 Å². The van der Waals surface area contributed by atoms with Crippen molar-refractivity contribution in [2.75, 3.05) is 13.2 Å². The monoisotopic (exact) mass is 1220 g/mol. The number of aliphatic hydroxyl groups excluding tert-OH is 3. The number of rotatable bonds is 9. The fraction of sp³-hybridized carbons (Fsp3) is 0.512. The Balaban J connectivity index is 0.00000360. The van der Waals surface area contributed by atoms with Crippen LogP contribution in [-0.4, -0.2) is 110 Å². The maximum atomic E-state index is 14.7. The van der Waals surface area contributed by atoms with Crippen molar-refractivity contribution in [2.24, 2.45) is 16.7 Å². The second-order valence-electron chi connectivity index (χ2n) is 15.7. The molecular weight excluding hydrogens is 1170 g/mol. The number of fused-ring (bicyclic) bond motifs is 5. The molecule has 11 atom stereocenters. The van der Waals surface area contributed by atoms with E-state index in [-0.39, 0.29) is 124 Å². The Morgan fingerprint density at radius 2 is 1.60 bits per heavy atom. The van der Waals surface area contributed by atoms with Crippen molar-refractivity contribution < 1.29 is 152 Å². The van der Waals surface area contributed by atoms with Gasteiger partial charge in [0.1, 0.15) is 36.1 Å². The molecule has 14 nitrogen and oxygen atoms in total. The van der Waals surface area contributed by atoms with E-state index in [4.69, 9.17) is 18.9 Å². The van der Waals surface area contributed by atoms with Crippen molar-refractivity contribution in [3.8, 4) is 0 Å². The number of hydrogen-bond donors (Lipinski definition) is 6. The van der Waals surface area contributed by atoms with E-state index in [1.54, 1.807) is 81.5 Å². The Morgan fingerprint density at radius 1 is 0.982 bits per heavy atom. The summed E-state index contributed by atoms with van der Waals surface area (Å²) < 4.78 is 22.9. The van der Waals surface area contributed by atoms with Crippen molar-refractivity contribution in [1.29, 1.82) is 0 Å². The smallest absolute Gasteiger partial charge is 0.408 e. The number of amides is 1. The summed E-state index contributed by atoms with van der Waals surface area (Å²) in [6.45, 7) is 7.35. The van der Waals surface area contributed by atoms with E-state index in [1.165, 1.54) is 26.0 Å². The van der Waals surface area contributed by atoms with Crippen molar-refractivity contribution >= 4 is 23.8 Å². The molecule has 302 valence electrons. The number of Topliss-reactive ketones (excluding diaryl/α,β-unsaturated/α-hetero) is 1. The topological polar surface area (TPSA) is 218 Å². The van der Waals surface area contributed by atoms with E-state index in [9.17, 15) is 44.7 Å². The van der Waals surface area contributed by atoms with E-state index in [1.807, 2.05) is 0 Å². The number of ketones is 1. The molecule has 3 aliphatic carbocycles. The third-order valence-corrected chi connectivity index (χ3v) is 12.4. The molecule has 4 aliphatic rings. The Bertz CT molecular complexity index is 1880.